The fourth-order valence-electron chi connectivity index (χ4n) is 1.58. The van der Waals surface area contributed by atoms with E-state index in [1.807, 2.05) is 13.8 Å². The third-order valence-electron chi connectivity index (χ3n) is 2.57. The number of carboxylic acid groups (broad SMARTS) is 1. The van der Waals surface area contributed by atoms with Crippen LogP contribution in [0, 0.1) is 0 Å². The maximum absolute atomic E-state index is 12.2. The molecule has 0 radical (unpaired) electrons. The third-order valence-corrected chi connectivity index (χ3v) is 2.57. The van der Waals surface area contributed by atoms with E-state index in [0.717, 1.165) is 0 Å². The van der Waals surface area contributed by atoms with Gasteiger partial charge in [0.1, 0.15) is 5.75 Å². The number of carbonyl (C=O) groups excluding carboxylic acids is 1. The van der Waals surface area contributed by atoms with Crippen molar-refractivity contribution < 1.29 is 19.8 Å². The molecule has 0 aromatic heterocycles. The van der Waals surface area contributed by atoms with Gasteiger partial charge in [0.25, 0.3) is 5.91 Å². The van der Waals surface area contributed by atoms with Crippen LogP contribution in [0.1, 0.15) is 30.6 Å². The molecule has 5 nitrogen and oxygen atoms in total. The van der Waals surface area contributed by atoms with Crippen LogP contribution in [0.3, 0.4) is 0 Å². The minimum absolute atomic E-state index is 0.0781. The first-order chi connectivity index (χ1) is 8.41. The monoisotopic (exact) mass is 251 g/mol. The number of aromatic hydroxyl groups is 1. The molecule has 5 heteroatoms. The van der Waals surface area contributed by atoms with Gasteiger partial charge in [-0.05, 0) is 38.1 Å². The number of amides is 1. The lowest BCUT2D eigenvalue weighted by Gasteiger charge is -2.26. The maximum Gasteiger partial charge on any atom is 0.305 e. The van der Waals surface area contributed by atoms with E-state index in [2.05, 4.69) is 0 Å². The van der Waals surface area contributed by atoms with E-state index in [4.69, 9.17) is 10.2 Å². The van der Waals surface area contributed by atoms with Crippen LogP contribution in [0.15, 0.2) is 24.3 Å². The molecule has 0 heterocycles. The van der Waals surface area contributed by atoms with Gasteiger partial charge >= 0.3 is 5.97 Å². The number of phenolic OH excluding ortho intramolecular Hbond substituents is 1. The summed E-state index contributed by atoms with van der Waals surface area (Å²) in [6, 6.07) is 5.83. The predicted molar refractivity (Wildman–Crippen MR) is 66.5 cm³/mol. The van der Waals surface area contributed by atoms with E-state index in [1.54, 1.807) is 0 Å². The Labute approximate surface area is 106 Å². The van der Waals surface area contributed by atoms with Gasteiger partial charge in [0.15, 0.2) is 0 Å². The summed E-state index contributed by atoms with van der Waals surface area (Å²) >= 11 is 0. The summed E-state index contributed by atoms with van der Waals surface area (Å²) in [6.45, 7) is 3.84. The first-order valence-electron chi connectivity index (χ1n) is 5.73. The van der Waals surface area contributed by atoms with Crippen molar-refractivity contribution in [3.63, 3.8) is 0 Å². The Balaban J connectivity index is 2.82. The molecule has 0 aliphatic carbocycles. The van der Waals surface area contributed by atoms with Crippen LogP contribution in [0.5, 0.6) is 5.75 Å². The first kappa shape index (κ1) is 14.0. The molecule has 2 N–H and O–H groups in total. The molecule has 1 rings (SSSR count). The largest absolute Gasteiger partial charge is 0.508 e. The van der Waals surface area contributed by atoms with Gasteiger partial charge in [-0.25, -0.2) is 0 Å². The highest BCUT2D eigenvalue weighted by Crippen LogP contribution is 2.13. The first-order valence-corrected chi connectivity index (χ1v) is 5.73. The second-order valence-corrected chi connectivity index (χ2v) is 4.28. The smallest absolute Gasteiger partial charge is 0.305 e. The molecule has 1 aromatic carbocycles. The number of hydrogen-bond donors (Lipinski definition) is 2. The van der Waals surface area contributed by atoms with Gasteiger partial charge in [0.05, 0.1) is 6.42 Å². The molecule has 0 spiro atoms. The molecule has 0 atom stereocenters. The zero-order valence-corrected chi connectivity index (χ0v) is 10.5. The zero-order chi connectivity index (χ0) is 13.7. The van der Waals surface area contributed by atoms with Gasteiger partial charge in [-0.15, -0.1) is 0 Å². The molecule has 0 bridgehead atoms. The highest BCUT2D eigenvalue weighted by molar-refractivity contribution is 5.94. The number of aliphatic carboxylic acids is 1. The molecule has 0 aliphatic heterocycles. The van der Waals surface area contributed by atoms with Crippen LogP contribution < -0.4 is 0 Å². The van der Waals surface area contributed by atoms with Crippen LogP contribution in [-0.2, 0) is 4.79 Å². The van der Waals surface area contributed by atoms with Crippen LogP contribution in [0.2, 0.25) is 0 Å². The van der Waals surface area contributed by atoms with E-state index in [9.17, 15) is 9.59 Å². The second kappa shape index (κ2) is 6.05. The van der Waals surface area contributed by atoms with Crippen molar-refractivity contribution >= 4 is 11.9 Å². The van der Waals surface area contributed by atoms with Gasteiger partial charge in [-0.3, -0.25) is 9.59 Å². The number of rotatable bonds is 5. The number of carbonyl (C=O) groups is 2. The number of carboxylic acids is 1. The van der Waals surface area contributed by atoms with Gasteiger partial charge in [-0.1, -0.05) is 0 Å². The average molecular weight is 251 g/mol. The lowest BCUT2D eigenvalue weighted by atomic mass is 10.1. The molecule has 1 aromatic rings. The van der Waals surface area contributed by atoms with Crippen molar-refractivity contribution in [1.29, 1.82) is 0 Å². The number of hydrogen-bond acceptors (Lipinski definition) is 3. The van der Waals surface area contributed by atoms with E-state index in [-0.39, 0.29) is 30.7 Å². The molecule has 0 fully saturated rings. The molecule has 0 unspecified atom stereocenters. The summed E-state index contributed by atoms with van der Waals surface area (Å²) in [4.78, 5) is 24.2. The van der Waals surface area contributed by atoms with E-state index in [0.29, 0.717) is 5.56 Å². The standard InChI is InChI=1S/C13H17NO4/c1-9(2)14(8-7-12(16)17)13(18)10-3-5-11(15)6-4-10/h3-6,9,15H,7-8H2,1-2H3,(H,16,17). The van der Waals surface area contributed by atoms with Gasteiger partial charge in [0, 0.05) is 18.2 Å². The highest BCUT2D eigenvalue weighted by Gasteiger charge is 2.19. The third kappa shape index (κ3) is 3.76. The zero-order valence-electron chi connectivity index (χ0n) is 10.5. The predicted octanol–water partition coefficient (Wildman–Crippen LogP) is 1.72. The van der Waals surface area contributed by atoms with Crippen molar-refractivity contribution in [3.05, 3.63) is 29.8 Å². The van der Waals surface area contributed by atoms with Crippen LogP contribution in [0.4, 0.5) is 0 Å². The minimum Gasteiger partial charge on any atom is -0.508 e. The summed E-state index contributed by atoms with van der Waals surface area (Å²) in [6.07, 6.45) is -0.0813. The van der Waals surface area contributed by atoms with Crippen molar-refractivity contribution in [1.82, 2.24) is 4.90 Å². The van der Waals surface area contributed by atoms with Crippen molar-refractivity contribution in [2.24, 2.45) is 0 Å². The van der Waals surface area contributed by atoms with Crippen LogP contribution in [0.25, 0.3) is 0 Å². The van der Waals surface area contributed by atoms with Crippen molar-refractivity contribution in [3.8, 4) is 5.75 Å². The molecule has 0 saturated carbocycles. The van der Waals surface area contributed by atoms with E-state index in [1.165, 1.54) is 29.2 Å². The van der Waals surface area contributed by atoms with E-state index < -0.39 is 5.97 Å². The summed E-state index contributed by atoms with van der Waals surface area (Å²) in [5.41, 5.74) is 0.437. The topological polar surface area (TPSA) is 77.8 Å². The van der Waals surface area contributed by atoms with Gasteiger partial charge in [0.2, 0.25) is 0 Å². The van der Waals surface area contributed by atoms with E-state index >= 15 is 0 Å². The van der Waals surface area contributed by atoms with Crippen molar-refractivity contribution in [2.75, 3.05) is 6.54 Å². The molecule has 18 heavy (non-hydrogen) atoms. The summed E-state index contributed by atoms with van der Waals surface area (Å²) in [7, 11) is 0. The van der Waals surface area contributed by atoms with Crippen LogP contribution in [-0.4, -0.2) is 39.6 Å². The maximum atomic E-state index is 12.2. The Morgan fingerprint density at radius 2 is 1.78 bits per heavy atom. The Bertz CT molecular complexity index is 425. The fraction of sp³-hybridized carbons (Fsp3) is 0.385. The lowest BCUT2D eigenvalue weighted by Crippen LogP contribution is -2.38. The molecule has 1 amide bonds. The summed E-state index contributed by atoms with van der Waals surface area (Å²) in [5, 5.41) is 17.8. The Kier molecular flexibility index (Phi) is 4.71. The second-order valence-electron chi connectivity index (χ2n) is 4.28. The number of phenols is 1. The van der Waals surface area contributed by atoms with Crippen molar-refractivity contribution in [2.45, 2.75) is 26.3 Å². The molecule has 0 aliphatic rings. The highest BCUT2D eigenvalue weighted by atomic mass is 16.4. The van der Waals surface area contributed by atoms with Gasteiger partial charge < -0.3 is 15.1 Å². The summed E-state index contributed by atoms with van der Waals surface area (Å²) < 4.78 is 0. The molecular weight excluding hydrogens is 234 g/mol. The Hall–Kier alpha value is -2.04. The lowest BCUT2D eigenvalue weighted by molar-refractivity contribution is -0.137. The molecular formula is C13H17NO4. The van der Waals surface area contributed by atoms with Gasteiger partial charge in [-0.2, -0.15) is 0 Å². The SMILES string of the molecule is CC(C)N(CCC(=O)O)C(=O)c1ccc(O)cc1. The quantitative estimate of drug-likeness (QED) is 0.835. The average Bonchev–Trinajstić information content (AvgIpc) is 2.29. The number of nitrogens with zero attached hydrogens (tertiary/aromatic N) is 1. The normalized spacial score (nSPS) is 10.4. The minimum atomic E-state index is -0.931. The summed E-state index contributed by atoms with van der Waals surface area (Å²) in [5.74, 6) is -1.07. The Morgan fingerprint density at radius 1 is 1.22 bits per heavy atom. The molecule has 98 valence electrons. The van der Waals surface area contributed by atoms with Crippen LogP contribution >= 0.6 is 0 Å². The Morgan fingerprint density at radius 3 is 2.22 bits per heavy atom. The fourth-order valence-corrected chi connectivity index (χ4v) is 1.58. The number of benzene rings is 1. The molecule has 0 saturated heterocycles.